The maximum Gasteiger partial charge on any atom is 0.148 e. The van der Waals surface area contributed by atoms with E-state index in [-0.39, 0.29) is 0 Å². The van der Waals surface area contributed by atoms with Crippen LogP contribution in [0.15, 0.2) is 30.6 Å². The molecular formula is C15H20N4. The highest BCUT2D eigenvalue weighted by Gasteiger charge is 2.13. The summed E-state index contributed by atoms with van der Waals surface area (Å²) in [5.74, 6) is 1.75. The number of pyridine rings is 1. The molecule has 0 unspecified atom stereocenters. The minimum atomic E-state index is 0.812. The molecule has 0 saturated heterocycles. The van der Waals surface area contributed by atoms with Gasteiger partial charge in [0.15, 0.2) is 0 Å². The first-order valence-corrected chi connectivity index (χ1v) is 7.11. The Labute approximate surface area is 113 Å². The lowest BCUT2D eigenvalue weighted by molar-refractivity contribution is 0.373. The third kappa shape index (κ3) is 3.13. The Kier molecular flexibility index (Phi) is 3.77. The van der Waals surface area contributed by atoms with Gasteiger partial charge in [-0.25, -0.2) is 0 Å². The Morgan fingerprint density at radius 3 is 2.95 bits per heavy atom. The summed E-state index contributed by atoms with van der Waals surface area (Å²) in [4.78, 5) is 4.12. The predicted octanol–water partition coefficient (Wildman–Crippen LogP) is 3.46. The van der Waals surface area contributed by atoms with Gasteiger partial charge < -0.3 is 5.32 Å². The summed E-state index contributed by atoms with van der Waals surface area (Å²) in [6.45, 7) is 1.04. The summed E-state index contributed by atoms with van der Waals surface area (Å²) in [6, 6.07) is 6.02. The van der Waals surface area contributed by atoms with Crippen LogP contribution >= 0.6 is 0 Å². The zero-order valence-corrected chi connectivity index (χ0v) is 11.1. The largest absolute Gasteiger partial charge is 0.368 e. The average Bonchev–Trinajstić information content (AvgIpc) is 2.96. The van der Waals surface area contributed by atoms with Crippen LogP contribution in [0.3, 0.4) is 0 Å². The molecule has 1 saturated carbocycles. The first-order chi connectivity index (χ1) is 9.42. The van der Waals surface area contributed by atoms with Gasteiger partial charge in [-0.2, -0.15) is 5.10 Å². The van der Waals surface area contributed by atoms with Crippen molar-refractivity contribution in [2.45, 2.75) is 32.1 Å². The molecule has 100 valence electrons. The molecule has 4 nitrogen and oxygen atoms in total. The van der Waals surface area contributed by atoms with Gasteiger partial charge in [0.05, 0.1) is 5.69 Å². The highest BCUT2D eigenvalue weighted by Crippen LogP contribution is 2.24. The monoisotopic (exact) mass is 256 g/mol. The molecule has 1 fully saturated rings. The van der Waals surface area contributed by atoms with Gasteiger partial charge in [0.1, 0.15) is 5.82 Å². The molecule has 0 aliphatic heterocycles. The van der Waals surface area contributed by atoms with E-state index in [0.717, 1.165) is 29.5 Å². The predicted molar refractivity (Wildman–Crippen MR) is 76.9 cm³/mol. The third-order valence-electron chi connectivity index (χ3n) is 3.85. The molecule has 0 atom stereocenters. The van der Waals surface area contributed by atoms with Gasteiger partial charge in [0.2, 0.25) is 0 Å². The first-order valence-electron chi connectivity index (χ1n) is 7.11. The van der Waals surface area contributed by atoms with E-state index in [0.29, 0.717) is 0 Å². The van der Waals surface area contributed by atoms with Crippen LogP contribution in [0.4, 0.5) is 5.82 Å². The number of rotatable bonds is 4. The standard InChI is InChI=1S/C15H20N4/c1-2-5-12(6-3-1)10-17-15-9-14(18-19-15)13-7-4-8-16-11-13/h4,7-9,11-12H,1-3,5-6,10H2,(H2,17,18,19). The Morgan fingerprint density at radius 2 is 2.16 bits per heavy atom. The lowest BCUT2D eigenvalue weighted by Crippen LogP contribution is -2.17. The topological polar surface area (TPSA) is 53.6 Å². The lowest BCUT2D eigenvalue weighted by atomic mass is 9.89. The van der Waals surface area contributed by atoms with Crippen molar-refractivity contribution in [3.63, 3.8) is 0 Å². The van der Waals surface area contributed by atoms with Gasteiger partial charge in [-0.15, -0.1) is 0 Å². The quantitative estimate of drug-likeness (QED) is 0.880. The molecule has 0 spiro atoms. The fourth-order valence-electron chi connectivity index (χ4n) is 2.72. The summed E-state index contributed by atoms with van der Waals surface area (Å²) >= 11 is 0. The smallest absolute Gasteiger partial charge is 0.148 e. The molecular weight excluding hydrogens is 236 g/mol. The van der Waals surface area contributed by atoms with E-state index in [1.54, 1.807) is 6.20 Å². The van der Waals surface area contributed by atoms with Crippen LogP contribution in [0.2, 0.25) is 0 Å². The average molecular weight is 256 g/mol. The Morgan fingerprint density at radius 1 is 1.26 bits per heavy atom. The van der Waals surface area contributed by atoms with Gasteiger partial charge in [-0.3, -0.25) is 10.1 Å². The summed E-state index contributed by atoms with van der Waals surface area (Å²) in [7, 11) is 0. The van der Waals surface area contributed by atoms with Gasteiger partial charge >= 0.3 is 0 Å². The van der Waals surface area contributed by atoms with Crippen LogP contribution < -0.4 is 5.32 Å². The summed E-state index contributed by atoms with van der Waals surface area (Å²) in [6.07, 6.45) is 10.5. The molecule has 0 aromatic carbocycles. The fourth-order valence-corrected chi connectivity index (χ4v) is 2.72. The van der Waals surface area contributed by atoms with Crippen LogP contribution in [0.5, 0.6) is 0 Å². The second-order valence-corrected chi connectivity index (χ2v) is 5.29. The van der Waals surface area contributed by atoms with E-state index in [4.69, 9.17) is 0 Å². The third-order valence-corrected chi connectivity index (χ3v) is 3.85. The second-order valence-electron chi connectivity index (χ2n) is 5.29. The number of nitrogens with zero attached hydrogens (tertiary/aromatic N) is 2. The molecule has 2 heterocycles. The van der Waals surface area contributed by atoms with Crippen molar-refractivity contribution in [1.82, 2.24) is 15.2 Å². The van der Waals surface area contributed by atoms with Crippen molar-refractivity contribution in [2.24, 2.45) is 5.92 Å². The Bertz CT molecular complexity index is 500. The molecule has 3 rings (SSSR count). The van der Waals surface area contributed by atoms with Gasteiger partial charge in [0, 0.05) is 30.6 Å². The van der Waals surface area contributed by atoms with Crippen molar-refractivity contribution < 1.29 is 0 Å². The van der Waals surface area contributed by atoms with Crippen molar-refractivity contribution in [3.8, 4) is 11.3 Å². The molecule has 2 N–H and O–H groups in total. The van der Waals surface area contributed by atoms with Crippen molar-refractivity contribution >= 4 is 5.82 Å². The molecule has 0 radical (unpaired) electrons. The maximum absolute atomic E-state index is 4.31. The molecule has 1 aliphatic rings. The summed E-state index contributed by atoms with van der Waals surface area (Å²) < 4.78 is 0. The van der Waals surface area contributed by atoms with E-state index < -0.39 is 0 Å². The number of aromatic nitrogens is 3. The zero-order chi connectivity index (χ0) is 12.9. The van der Waals surface area contributed by atoms with Crippen molar-refractivity contribution in [1.29, 1.82) is 0 Å². The normalized spacial score (nSPS) is 16.4. The molecule has 0 amide bonds. The minimum Gasteiger partial charge on any atom is -0.368 e. The van der Waals surface area contributed by atoms with E-state index in [2.05, 4.69) is 26.6 Å². The zero-order valence-electron chi connectivity index (χ0n) is 11.1. The van der Waals surface area contributed by atoms with Crippen LogP contribution in [0.25, 0.3) is 11.3 Å². The van der Waals surface area contributed by atoms with Crippen molar-refractivity contribution in [2.75, 3.05) is 11.9 Å². The summed E-state index contributed by atoms with van der Waals surface area (Å²) in [5, 5.41) is 10.8. The van der Waals surface area contributed by atoms with Crippen LogP contribution in [-0.2, 0) is 0 Å². The van der Waals surface area contributed by atoms with E-state index in [1.807, 2.05) is 18.3 Å². The number of hydrogen-bond donors (Lipinski definition) is 2. The first kappa shape index (κ1) is 12.2. The molecule has 4 heteroatoms. The van der Waals surface area contributed by atoms with Gasteiger partial charge in [-0.05, 0) is 30.9 Å². The number of aromatic amines is 1. The summed E-state index contributed by atoms with van der Waals surface area (Å²) in [5.41, 5.74) is 2.08. The minimum absolute atomic E-state index is 0.812. The fraction of sp³-hybridized carbons (Fsp3) is 0.467. The van der Waals surface area contributed by atoms with Crippen LogP contribution in [0.1, 0.15) is 32.1 Å². The SMILES string of the molecule is c1cncc(-c2cc(NCC3CCCCC3)n[nH]2)c1. The maximum atomic E-state index is 4.31. The van der Waals surface area contributed by atoms with Crippen molar-refractivity contribution in [3.05, 3.63) is 30.6 Å². The number of nitrogens with one attached hydrogen (secondary N) is 2. The van der Waals surface area contributed by atoms with Gasteiger partial charge in [-0.1, -0.05) is 19.3 Å². The highest BCUT2D eigenvalue weighted by atomic mass is 15.2. The van der Waals surface area contributed by atoms with E-state index in [9.17, 15) is 0 Å². The molecule has 19 heavy (non-hydrogen) atoms. The van der Waals surface area contributed by atoms with Crippen LogP contribution in [-0.4, -0.2) is 21.7 Å². The Balaban J connectivity index is 1.59. The van der Waals surface area contributed by atoms with Gasteiger partial charge in [0.25, 0.3) is 0 Å². The Hall–Kier alpha value is -1.84. The molecule has 0 bridgehead atoms. The molecule has 2 aromatic rings. The van der Waals surface area contributed by atoms with E-state index in [1.165, 1.54) is 32.1 Å². The highest BCUT2D eigenvalue weighted by molar-refractivity contribution is 5.61. The van der Waals surface area contributed by atoms with E-state index >= 15 is 0 Å². The number of anilines is 1. The number of hydrogen-bond acceptors (Lipinski definition) is 3. The number of H-pyrrole nitrogens is 1. The molecule has 1 aliphatic carbocycles. The second kappa shape index (κ2) is 5.87. The van der Waals surface area contributed by atoms with Crippen LogP contribution in [0, 0.1) is 5.92 Å². The molecule has 2 aromatic heterocycles. The lowest BCUT2D eigenvalue weighted by Gasteiger charge is -2.21.